The first-order chi connectivity index (χ1) is 7.12. The molecule has 1 aliphatic rings. The number of hydrogen-bond donors (Lipinski definition) is 4. The van der Waals surface area contributed by atoms with Gasteiger partial charge in [-0.3, -0.25) is 0 Å². The van der Waals surface area contributed by atoms with Crippen LogP contribution in [0.1, 0.15) is 6.92 Å². The summed E-state index contributed by atoms with van der Waals surface area (Å²) in [5.41, 5.74) is 15.6. The van der Waals surface area contributed by atoms with Crippen LogP contribution in [0.4, 0.5) is 13.2 Å². The van der Waals surface area contributed by atoms with Crippen LogP contribution in [0.15, 0.2) is 23.4 Å². The Labute approximate surface area is 90.1 Å². The maximum absolute atomic E-state index is 11.9. The van der Waals surface area contributed by atoms with Crippen LogP contribution in [-0.4, -0.2) is 18.4 Å². The van der Waals surface area contributed by atoms with E-state index >= 15 is 0 Å². The number of rotatable bonds is 2. The van der Waals surface area contributed by atoms with Crippen molar-refractivity contribution in [3.8, 4) is 0 Å². The van der Waals surface area contributed by atoms with E-state index in [0.717, 1.165) is 0 Å². The number of hydrogen-bond acceptors (Lipinski definition) is 5. The smallest absolute Gasteiger partial charge is 0.422 e. The minimum Gasteiger partial charge on any atom is -0.468 e. The molecule has 0 aromatic heterocycles. The van der Waals surface area contributed by atoms with Gasteiger partial charge in [-0.25, -0.2) is 0 Å². The monoisotopic (exact) mass is 238 g/mol. The van der Waals surface area contributed by atoms with Crippen LogP contribution in [0.5, 0.6) is 0 Å². The molecule has 1 unspecified atom stereocenters. The second kappa shape index (κ2) is 3.78. The Kier molecular flexibility index (Phi) is 2.95. The summed E-state index contributed by atoms with van der Waals surface area (Å²) in [6, 6.07) is 0. The fourth-order valence-corrected chi connectivity index (χ4v) is 1.04. The molecule has 0 saturated carbocycles. The lowest BCUT2D eigenvalue weighted by molar-refractivity contribution is -0.166. The minimum absolute atomic E-state index is 0.0234. The Hall–Kier alpha value is -1.57. The van der Waals surface area contributed by atoms with Gasteiger partial charge in [0.15, 0.2) is 6.61 Å². The van der Waals surface area contributed by atoms with E-state index in [-0.39, 0.29) is 17.3 Å². The zero-order valence-corrected chi connectivity index (χ0v) is 8.56. The molecule has 1 aliphatic heterocycles. The molecular formula is C8H13F3N4O. The lowest BCUT2D eigenvalue weighted by Gasteiger charge is -2.32. The van der Waals surface area contributed by atoms with Crippen molar-refractivity contribution < 1.29 is 17.9 Å². The van der Waals surface area contributed by atoms with Gasteiger partial charge >= 0.3 is 6.18 Å². The van der Waals surface area contributed by atoms with Crippen molar-refractivity contribution in [2.75, 3.05) is 6.61 Å². The molecule has 1 heterocycles. The summed E-state index contributed by atoms with van der Waals surface area (Å²) >= 11 is 0. The van der Waals surface area contributed by atoms with Gasteiger partial charge in [0, 0.05) is 0 Å². The minimum atomic E-state index is -4.44. The van der Waals surface area contributed by atoms with Gasteiger partial charge in [0.25, 0.3) is 0 Å². The van der Waals surface area contributed by atoms with Crippen LogP contribution in [0.2, 0.25) is 0 Å². The molecule has 7 N–H and O–H groups in total. The van der Waals surface area contributed by atoms with Gasteiger partial charge in [-0.2, -0.15) is 13.2 Å². The summed E-state index contributed by atoms with van der Waals surface area (Å²) < 4.78 is 40.2. The Morgan fingerprint density at radius 3 is 2.50 bits per heavy atom. The van der Waals surface area contributed by atoms with Crippen LogP contribution < -0.4 is 22.5 Å². The zero-order valence-electron chi connectivity index (χ0n) is 8.56. The second-order valence-corrected chi connectivity index (χ2v) is 3.62. The van der Waals surface area contributed by atoms with Crippen LogP contribution in [0.25, 0.3) is 0 Å². The number of nitrogens with one attached hydrogen (secondary N) is 1. The van der Waals surface area contributed by atoms with Gasteiger partial charge in [-0.1, -0.05) is 0 Å². The summed E-state index contributed by atoms with van der Waals surface area (Å²) in [6.07, 6.45) is -3.17. The molecule has 0 aliphatic carbocycles. The molecule has 5 nitrogen and oxygen atoms in total. The first kappa shape index (κ1) is 12.5. The number of nitrogens with two attached hydrogens (primary N) is 3. The third-order valence-corrected chi connectivity index (χ3v) is 1.93. The maximum Gasteiger partial charge on any atom is 0.422 e. The van der Waals surface area contributed by atoms with Gasteiger partial charge in [0.05, 0.1) is 11.4 Å². The average Bonchev–Trinajstić information content (AvgIpc) is 2.08. The normalized spacial score (nSPS) is 26.2. The predicted octanol–water partition coefficient (Wildman–Crippen LogP) is -0.186. The molecule has 0 fully saturated rings. The van der Waals surface area contributed by atoms with Crippen molar-refractivity contribution >= 4 is 0 Å². The van der Waals surface area contributed by atoms with Gasteiger partial charge in [-0.05, 0) is 13.0 Å². The third-order valence-electron chi connectivity index (χ3n) is 1.93. The highest BCUT2D eigenvalue weighted by molar-refractivity contribution is 5.32. The molecule has 0 aromatic rings. The Morgan fingerprint density at radius 2 is 2.00 bits per heavy atom. The molecule has 1 atom stereocenters. The van der Waals surface area contributed by atoms with Gasteiger partial charge in [0.2, 0.25) is 5.88 Å². The number of allylic oxidation sites excluding steroid dienone is 1. The van der Waals surface area contributed by atoms with Gasteiger partial charge in [-0.15, -0.1) is 0 Å². The molecule has 0 spiro atoms. The van der Waals surface area contributed by atoms with Crippen LogP contribution in [0, 0.1) is 0 Å². The summed E-state index contributed by atoms with van der Waals surface area (Å²) in [7, 11) is 0. The number of ether oxygens (including phenoxy) is 1. The predicted molar refractivity (Wildman–Crippen MR) is 51.2 cm³/mol. The van der Waals surface area contributed by atoms with Gasteiger partial charge < -0.3 is 27.3 Å². The van der Waals surface area contributed by atoms with Crippen LogP contribution >= 0.6 is 0 Å². The average molecular weight is 238 g/mol. The van der Waals surface area contributed by atoms with E-state index in [2.05, 4.69) is 10.1 Å². The first-order valence-electron chi connectivity index (χ1n) is 4.36. The molecular weight excluding hydrogens is 225 g/mol. The molecule has 8 heteroatoms. The van der Waals surface area contributed by atoms with Gasteiger partial charge in [0.1, 0.15) is 5.66 Å². The largest absolute Gasteiger partial charge is 0.468 e. The molecule has 1 rings (SSSR count). The Balaban J connectivity index is 2.77. The summed E-state index contributed by atoms with van der Waals surface area (Å²) in [5, 5.41) is 2.48. The van der Waals surface area contributed by atoms with Crippen LogP contribution in [-0.2, 0) is 4.74 Å². The molecule has 0 bridgehead atoms. The molecule has 92 valence electrons. The SMILES string of the molecule is CC1(N)NC(OCC(F)(F)F)=C(N)C=C1N. The fraction of sp³-hybridized carbons (Fsp3) is 0.500. The van der Waals surface area contributed by atoms with E-state index in [1.165, 1.54) is 13.0 Å². The molecule has 0 aromatic carbocycles. The van der Waals surface area contributed by atoms with E-state index in [0.29, 0.717) is 0 Å². The van der Waals surface area contributed by atoms with E-state index in [1.807, 2.05) is 0 Å². The van der Waals surface area contributed by atoms with Crippen molar-refractivity contribution in [2.45, 2.75) is 18.8 Å². The Bertz CT molecular complexity index is 346. The standard InChI is InChI=1S/C8H13F3N4O/c1-7(14)5(13)2-4(12)6(15-7)16-3-8(9,10)11/h2,15H,3,12-14H2,1H3. The second-order valence-electron chi connectivity index (χ2n) is 3.62. The molecule has 16 heavy (non-hydrogen) atoms. The topological polar surface area (TPSA) is 99.3 Å². The number of halogens is 3. The lowest BCUT2D eigenvalue weighted by Crippen LogP contribution is -2.56. The fourth-order valence-electron chi connectivity index (χ4n) is 1.04. The van der Waals surface area contributed by atoms with Crippen molar-refractivity contribution in [1.82, 2.24) is 5.32 Å². The van der Waals surface area contributed by atoms with Crippen molar-refractivity contribution in [2.24, 2.45) is 17.2 Å². The Morgan fingerprint density at radius 1 is 1.44 bits per heavy atom. The quantitative estimate of drug-likeness (QED) is 0.534. The van der Waals surface area contributed by atoms with E-state index in [1.54, 1.807) is 0 Å². The first-order valence-corrected chi connectivity index (χ1v) is 4.36. The third kappa shape index (κ3) is 2.96. The summed E-state index contributed by atoms with van der Waals surface area (Å²) in [5.74, 6) is -0.225. The number of alkyl halides is 3. The zero-order chi connectivity index (χ0) is 12.6. The summed E-state index contributed by atoms with van der Waals surface area (Å²) in [4.78, 5) is 0. The number of dihydropyridines is 1. The van der Waals surface area contributed by atoms with Crippen molar-refractivity contribution in [3.63, 3.8) is 0 Å². The van der Waals surface area contributed by atoms with Crippen molar-refractivity contribution in [3.05, 3.63) is 23.4 Å². The highest BCUT2D eigenvalue weighted by atomic mass is 19.4. The van der Waals surface area contributed by atoms with E-state index < -0.39 is 18.4 Å². The molecule has 0 amide bonds. The lowest BCUT2D eigenvalue weighted by atomic mass is 10.1. The molecule has 0 saturated heterocycles. The van der Waals surface area contributed by atoms with Crippen LogP contribution in [0.3, 0.4) is 0 Å². The summed E-state index contributed by atoms with van der Waals surface area (Å²) in [6.45, 7) is 0.0437. The maximum atomic E-state index is 11.9. The van der Waals surface area contributed by atoms with E-state index in [4.69, 9.17) is 17.2 Å². The van der Waals surface area contributed by atoms with E-state index in [9.17, 15) is 13.2 Å². The van der Waals surface area contributed by atoms with Crippen molar-refractivity contribution in [1.29, 1.82) is 0 Å². The highest BCUT2D eigenvalue weighted by Crippen LogP contribution is 2.20. The molecule has 0 radical (unpaired) electrons. The highest BCUT2D eigenvalue weighted by Gasteiger charge is 2.32.